The summed E-state index contributed by atoms with van der Waals surface area (Å²) in [6.07, 6.45) is 1.05. The molecule has 14 heavy (non-hydrogen) atoms. The number of nitrogens with two attached hydrogens (primary N) is 1. The molecule has 0 radical (unpaired) electrons. The fraction of sp³-hybridized carbons (Fsp3) is 0.400. The number of benzene rings is 1. The summed E-state index contributed by atoms with van der Waals surface area (Å²) in [5, 5.41) is 0. The third-order valence-corrected chi connectivity index (χ3v) is 2.28. The Morgan fingerprint density at radius 2 is 2.36 bits per heavy atom. The third-order valence-electron chi connectivity index (χ3n) is 2.28. The van der Waals surface area contributed by atoms with Gasteiger partial charge in [-0.3, -0.25) is 0 Å². The first kappa shape index (κ1) is 11.1. The second-order valence-corrected chi connectivity index (χ2v) is 3.15. The largest absolute Gasteiger partial charge is 0.497 e. The Balaban J connectivity index is 0.000000980. The third kappa shape index (κ3) is 1.94. The van der Waals surface area contributed by atoms with Crippen LogP contribution in [0.3, 0.4) is 0 Å². The molecule has 2 N–H and O–H groups in total. The van der Waals surface area contributed by atoms with Crippen molar-refractivity contribution in [1.82, 2.24) is 0 Å². The number of rotatable bonds is 2. The van der Waals surface area contributed by atoms with Gasteiger partial charge >= 0.3 is 0 Å². The molecule has 1 aliphatic rings. The molecule has 78 valence electrons. The Hall–Kier alpha value is -0.930. The summed E-state index contributed by atoms with van der Waals surface area (Å²) >= 11 is 0. The van der Waals surface area contributed by atoms with Crippen molar-refractivity contribution in [2.24, 2.45) is 5.73 Å². The smallest absolute Gasteiger partial charge is 0.126 e. The number of hydrogen-bond donors (Lipinski definition) is 1. The summed E-state index contributed by atoms with van der Waals surface area (Å²) < 4.78 is 10.7. The maximum atomic E-state index is 5.59. The lowest BCUT2D eigenvalue weighted by Gasteiger charge is -2.06. The minimum atomic E-state index is 0. The van der Waals surface area contributed by atoms with E-state index >= 15 is 0 Å². The molecule has 1 heterocycles. The standard InChI is InChI=1S/C10H13NO2.ClH/c1-12-8-3-2-7-4-9(6-11)13-10(7)5-8;/h2-3,5,9H,4,6,11H2,1H3;1H. The van der Waals surface area contributed by atoms with Crippen LogP contribution in [0.5, 0.6) is 11.5 Å². The Morgan fingerprint density at radius 3 is 3.00 bits per heavy atom. The monoisotopic (exact) mass is 215 g/mol. The number of methoxy groups -OCH3 is 1. The van der Waals surface area contributed by atoms with Crippen molar-refractivity contribution in [3.63, 3.8) is 0 Å². The minimum Gasteiger partial charge on any atom is -0.497 e. The van der Waals surface area contributed by atoms with E-state index in [0.29, 0.717) is 6.54 Å². The topological polar surface area (TPSA) is 44.5 Å². The SMILES string of the molecule is COc1ccc2c(c1)OC(CN)C2.Cl. The lowest BCUT2D eigenvalue weighted by atomic mass is 10.1. The molecule has 1 aromatic rings. The van der Waals surface area contributed by atoms with E-state index < -0.39 is 0 Å². The van der Waals surface area contributed by atoms with Crippen molar-refractivity contribution in [2.45, 2.75) is 12.5 Å². The van der Waals surface area contributed by atoms with Gasteiger partial charge in [0.15, 0.2) is 0 Å². The van der Waals surface area contributed by atoms with E-state index in [-0.39, 0.29) is 18.5 Å². The first-order chi connectivity index (χ1) is 6.33. The highest BCUT2D eigenvalue weighted by Crippen LogP contribution is 2.31. The summed E-state index contributed by atoms with van der Waals surface area (Å²) in [6, 6.07) is 5.88. The van der Waals surface area contributed by atoms with Gasteiger partial charge < -0.3 is 15.2 Å². The second kappa shape index (κ2) is 4.53. The van der Waals surface area contributed by atoms with E-state index in [9.17, 15) is 0 Å². The van der Waals surface area contributed by atoms with Crippen LogP contribution in [0.2, 0.25) is 0 Å². The highest BCUT2D eigenvalue weighted by Gasteiger charge is 2.21. The van der Waals surface area contributed by atoms with Gasteiger partial charge in [-0.1, -0.05) is 6.07 Å². The van der Waals surface area contributed by atoms with Crippen LogP contribution >= 0.6 is 12.4 Å². The first-order valence-corrected chi connectivity index (χ1v) is 4.37. The van der Waals surface area contributed by atoms with E-state index in [4.69, 9.17) is 15.2 Å². The highest BCUT2D eigenvalue weighted by atomic mass is 35.5. The Kier molecular flexibility index (Phi) is 3.61. The van der Waals surface area contributed by atoms with Crippen LogP contribution in [0.25, 0.3) is 0 Å². The van der Waals surface area contributed by atoms with Crippen molar-refractivity contribution >= 4 is 12.4 Å². The average Bonchev–Trinajstić information content (AvgIpc) is 2.58. The fourth-order valence-electron chi connectivity index (χ4n) is 1.54. The quantitative estimate of drug-likeness (QED) is 0.811. The molecule has 1 aliphatic heterocycles. The average molecular weight is 216 g/mol. The second-order valence-electron chi connectivity index (χ2n) is 3.15. The minimum absolute atomic E-state index is 0. The summed E-state index contributed by atoms with van der Waals surface area (Å²) in [5.74, 6) is 1.74. The van der Waals surface area contributed by atoms with Crippen molar-refractivity contribution in [1.29, 1.82) is 0 Å². The normalized spacial score (nSPS) is 18.0. The number of halogens is 1. The molecular formula is C10H14ClNO2. The molecule has 0 amide bonds. The molecule has 0 saturated heterocycles. The van der Waals surface area contributed by atoms with Crippen LogP contribution < -0.4 is 15.2 Å². The molecule has 0 fully saturated rings. The predicted molar refractivity (Wildman–Crippen MR) is 57.4 cm³/mol. The first-order valence-electron chi connectivity index (χ1n) is 4.37. The van der Waals surface area contributed by atoms with E-state index in [2.05, 4.69) is 0 Å². The molecule has 0 spiro atoms. The molecule has 2 rings (SSSR count). The highest BCUT2D eigenvalue weighted by molar-refractivity contribution is 5.85. The van der Waals surface area contributed by atoms with E-state index in [1.165, 1.54) is 5.56 Å². The zero-order chi connectivity index (χ0) is 9.26. The van der Waals surface area contributed by atoms with Crippen LogP contribution in [-0.2, 0) is 6.42 Å². The lowest BCUT2D eigenvalue weighted by Crippen LogP contribution is -2.24. The fourth-order valence-corrected chi connectivity index (χ4v) is 1.54. The lowest BCUT2D eigenvalue weighted by molar-refractivity contribution is 0.240. The van der Waals surface area contributed by atoms with Gasteiger partial charge in [0.2, 0.25) is 0 Å². The van der Waals surface area contributed by atoms with E-state index in [1.54, 1.807) is 7.11 Å². The van der Waals surface area contributed by atoms with Gasteiger partial charge in [0.25, 0.3) is 0 Å². The zero-order valence-corrected chi connectivity index (χ0v) is 8.84. The van der Waals surface area contributed by atoms with Gasteiger partial charge in [-0.05, 0) is 11.6 Å². The van der Waals surface area contributed by atoms with Gasteiger partial charge in [-0.15, -0.1) is 12.4 Å². The molecule has 1 unspecified atom stereocenters. The van der Waals surface area contributed by atoms with Crippen molar-refractivity contribution in [2.75, 3.05) is 13.7 Å². The molecule has 0 bridgehead atoms. The van der Waals surface area contributed by atoms with Crippen LogP contribution in [0.1, 0.15) is 5.56 Å². The van der Waals surface area contributed by atoms with E-state index in [1.807, 2.05) is 18.2 Å². The molecule has 0 saturated carbocycles. The van der Waals surface area contributed by atoms with Crippen LogP contribution in [0.4, 0.5) is 0 Å². The van der Waals surface area contributed by atoms with Gasteiger partial charge in [0.05, 0.1) is 7.11 Å². The molecule has 3 nitrogen and oxygen atoms in total. The zero-order valence-electron chi connectivity index (χ0n) is 8.03. The maximum Gasteiger partial charge on any atom is 0.126 e. The Morgan fingerprint density at radius 1 is 1.57 bits per heavy atom. The van der Waals surface area contributed by atoms with Gasteiger partial charge in [-0.2, -0.15) is 0 Å². The molecule has 1 atom stereocenters. The van der Waals surface area contributed by atoms with Gasteiger partial charge in [0, 0.05) is 19.0 Å². The summed E-state index contributed by atoms with van der Waals surface area (Å²) in [7, 11) is 1.65. The number of ether oxygens (including phenoxy) is 2. The Labute approximate surface area is 89.6 Å². The van der Waals surface area contributed by atoms with Crippen molar-refractivity contribution in [3.05, 3.63) is 23.8 Å². The summed E-state index contributed by atoms with van der Waals surface area (Å²) in [5.41, 5.74) is 6.75. The molecule has 0 aliphatic carbocycles. The molecule has 0 aromatic heterocycles. The maximum absolute atomic E-state index is 5.59. The number of fused-ring (bicyclic) bond motifs is 1. The van der Waals surface area contributed by atoms with Crippen molar-refractivity contribution in [3.8, 4) is 11.5 Å². The molecular weight excluding hydrogens is 202 g/mol. The van der Waals surface area contributed by atoms with Crippen LogP contribution in [0.15, 0.2) is 18.2 Å². The van der Waals surface area contributed by atoms with Crippen molar-refractivity contribution < 1.29 is 9.47 Å². The van der Waals surface area contributed by atoms with Crippen LogP contribution in [-0.4, -0.2) is 19.8 Å². The predicted octanol–water partition coefficient (Wildman–Crippen LogP) is 1.38. The van der Waals surface area contributed by atoms with Crippen LogP contribution in [0, 0.1) is 0 Å². The molecule has 4 heteroatoms. The van der Waals surface area contributed by atoms with E-state index in [0.717, 1.165) is 17.9 Å². The summed E-state index contributed by atoms with van der Waals surface area (Å²) in [4.78, 5) is 0. The van der Waals surface area contributed by atoms with Gasteiger partial charge in [0.1, 0.15) is 17.6 Å². The molecule has 1 aromatic carbocycles. The summed E-state index contributed by atoms with van der Waals surface area (Å²) in [6.45, 7) is 0.566. The number of hydrogen-bond acceptors (Lipinski definition) is 3. The van der Waals surface area contributed by atoms with Gasteiger partial charge in [-0.25, -0.2) is 0 Å². The Bertz CT molecular complexity index is 317.